The van der Waals surface area contributed by atoms with E-state index in [-0.39, 0.29) is 5.91 Å². The Morgan fingerprint density at radius 2 is 1.93 bits per heavy atom. The molecule has 4 rings (SSSR count). The van der Waals surface area contributed by atoms with Gasteiger partial charge in [-0.2, -0.15) is 0 Å². The summed E-state index contributed by atoms with van der Waals surface area (Å²) in [5.74, 6) is 1.03. The number of nitrogens with zero attached hydrogens (tertiary/aromatic N) is 3. The van der Waals surface area contributed by atoms with Crippen molar-refractivity contribution in [3.8, 4) is 11.3 Å². The van der Waals surface area contributed by atoms with E-state index in [2.05, 4.69) is 10.1 Å². The van der Waals surface area contributed by atoms with Crippen molar-refractivity contribution in [3.05, 3.63) is 42.2 Å². The van der Waals surface area contributed by atoms with E-state index in [1.165, 1.54) is 32.1 Å². The molecule has 29 heavy (non-hydrogen) atoms. The standard InChI is InChI=1S/C24H33N3O2/c1-26(2)23(28)24(14-9-15-27(18-24)20-12-7-4-8-13-20)17-21-16-22(25-29-21)19-10-5-3-6-11-19/h3,5-6,10-11,16,20H,4,7-9,12-15,17-18H2,1-2H3. The van der Waals surface area contributed by atoms with Gasteiger partial charge < -0.3 is 9.42 Å². The molecule has 1 aromatic carbocycles. The molecule has 2 heterocycles. The van der Waals surface area contributed by atoms with Crippen LogP contribution in [0, 0.1) is 5.41 Å². The number of rotatable bonds is 5. The van der Waals surface area contributed by atoms with E-state index in [4.69, 9.17) is 4.52 Å². The van der Waals surface area contributed by atoms with E-state index in [1.807, 2.05) is 50.5 Å². The highest BCUT2D eigenvalue weighted by atomic mass is 16.5. The minimum absolute atomic E-state index is 0.218. The van der Waals surface area contributed by atoms with Crippen molar-refractivity contribution in [2.24, 2.45) is 5.41 Å². The summed E-state index contributed by atoms with van der Waals surface area (Å²) in [7, 11) is 3.75. The predicted octanol–water partition coefficient (Wildman–Crippen LogP) is 4.39. The number of carbonyl (C=O) groups is 1. The monoisotopic (exact) mass is 395 g/mol. The van der Waals surface area contributed by atoms with Crippen molar-refractivity contribution >= 4 is 5.91 Å². The van der Waals surface area contributed by atoms with Crippen LogP contribution in [0.5, 0.6) is 0 Å². The van der Waals surface area contributed by atoms with E-state index < -0.39 is 5.41 Å². The van der Waals surface area contributed by atoms with Gasteiger partial charge in [0.25, 0.3) is 0 Å². The van der Waals surface area contributed by atoms with E-state index in [0.29, 0.717) is 12.5 Å². The molecule has 0 radical (unpaired) electrons. The summed E-state index contributed by atoms with van der Waals surface area (Å²) in [6.07, 6.45) is 9.12. The molecule has 0 spiro atoms. The molecule has 0 N–H and O–H groups in total. The van der Waals surface area contributed by atoms with Crippen molar-refractivity contribution in [1.29, 1.82) is 0 Å². The van der Waals surface area contributed by atoms with Crippen LogP contribution in [0.3, 0.4) is 0 Å². The number of likely N-dealkylation sites (tertiary alicyclic amines) is 1. The van der Waals surface area contributed by atoms with Crippen molar-refractivity contribution in [3.63, 3.8) is 0 Å². The number of carbonyl (C=O) groups excluding carboxylic acids is 1. The van der Waals surface area contributed by atoms with Crippen LogP contribution >= 0.6 is 0 Å². The molecule has 5 heteroatoms. The van der Waals surface area contributed by atoms with Gasteiger partial charge in [0.2, 0.25) is 5.91 Å². The molecule has 1 aliphatic heterocycles. The normalized spacial score (nSPS) is 23.8. The molecule has 1 atom stereocenters. The van der Waals surface area contributed by atoms with Crippen molar-refractivity contribution in [2.45, 2.75) is 57.4 Å². The molecule has 1 saturated heterocycles. The fourth-order valence-corrected chi connectivity index (χ4v) is 5.27. The maximum absolute atomic E-state index is 13.4. The summed E-state index contributed by atoms with van der Waals surface area (Å²) in [5.41, 5.74) is 1.46. The second-order valence-electron chi connectivity index (χ2n) is 9.07. The largest absolute Gasteiger partial charge is 0.361 e. The number of piperidine rings is 1. The molecule has 1 amide bonds. The Bertz CT molecular complexity index is 811. The summed E-state index contributed by atoms with van der Waals surface area (Å²) in [5, 5.41) is 4.28. The Hall–Kier alpha value is -2.14. The lowest BCUT2D eigenvalue weighted by Gasteiger charge is -2.46. The van der Waals surface area contributed by atoms with Crippen molar-refractivity contribution in [1.82, 2.24) is 15.0 Å². The minimum atomic E-state index is -0.424. The van der Waals surface area contributed by atoms with Gasteiger partial charge in [-0.1, -0.05) is 54.8 Å². The lowest BCUT2D eigenvalue weighted by Crippen LogP contribution is -2.55. The van der Waals surface area contributed by atoms with Gasteiger partial charge in [0.05, 0.1) is 5.41 Å². The second-order valence-corrected chi connectivity index (χ2v) is 9.07. The zero-order valence-corrected chi connectivity index (χ0v) is 17.8. The van der Waals surface area contributed by atoms with Crippen LogP contribution in [0.15, 0.2) is 40.9 Å². The van der Waals surface area contributed by atoms with E-state index in [1.54, 1.807) is 4.90 Å². The maximum Gasteiger partial charge on any atom is 0.230 e. The Labute approximate surface area is 174 Å². The predicted molar refractivity (Wildman–Crippen MR) is 114 cm³/mol. The molecule has 2 fully saturated rings. The highest BCUT2D eigenvalue weighted by Gasteiger charge is 2.45. The van der Waals surface area contributed by atoms with Crippen molar-refractivity contribution in [2.75, 3.05) is 27.2 Å². The Balaban J connectivity index is 1.57. The number of hydrogen-bond donors (Lipinski definition) is 0. The van der Waals surface area contributed by atoms with Gasteiger partial charge in [-0.3, -0.25) is 9.69 Å². The smallest absolute Gasteiger partial charge is 0.230 e. The van der Waals surface area contributed by atoms with Gasteiger partial charge in [-0.05, 0) is 32.2 Å². The summed E-state index contributed by atoms with van der Waals surface area (Å²) >= 11 is 0. The highest BCUT2D eigenvalue weighted by Crippen LogP contribution is 2.38. The third kappa shape index (κ3) is 4.40. The topological polar surface area (TPSA) is 49.6 Å². The number of benzene rings is 1. The van der Waals surface area contributed by atoms with Crippen LogP contribution < -0.4 is 0 Å². The molecule has 1 aromatic heterocycles. The zero-order chi connectivity index (χ0) is 20.3. The van der Waals surface area contributed by atoms with Gasteiger partial charge >= 0.3 is 0 Å². The molecule has 1 unspecified atom stereocenters. The molecule has 5 nitrogen and oxygen atoms in total. The first-order valence-electron chi connectivity index (χ1n) is 11.0. The molecule has 0 bridgehead atoms. The summed E-state index contributed by atoms with van der Waals surface area (Å²) in [4.78, 5) is 17.7. The summed E-state index contributed by atoms with van der Waals surface area (Å²) in [6, 6.07) is 12.7. The van der Waals surface area contributed by atoms with Crippen LogP contribution in [0.25, 0.3) is 11.3 Å². The average molecular weight is 396 g/mol. The average Bonchev–Trinajstić information content (AvgIpc) is 3.23. The molecule has 1 aliphatic carbocycles. The van der Waals surface area contributed by atoms with Gasteiger partial charge in [0, 0.05) is 44.7 Å². The Morgan fingerprint density at radius 1 is 1.17 bits per heavy atom. The molecule has 2 aromatic rings. The number of hydrogen-bond acceptors (Lipinski definition) is 4. The Kier molecular flexibility index (Phi) is 6.04. The first-order valence-corrected chi connectivity index (χ1v) is 11.0. The summed E-state index contributed by atoms with van der Waals surface area (Å²) in [6.45, 7) is 1.94. The first-order chi connectivity index (χ1) is 14.1. The second kappa shape index (κ2) is 8.70. The van der Waals surface area contributed by atoms with Crippen LogP contribution in [-0.2, 0) is 11.2 Å². The molecule has 2 aliphatic rings. The summed E-state index contributed by atoms with van der Waals surface area (Å²) < 4.78 is 5.72. The van der Waals surface area contributed by atoms with Gasteiger partial charge in [0.1, 0.15) is 11.5 Å². The quantitative estimate of drug-likeness (QED) is 0.753. The van der Waals surface area contributed by atoms with Crippen LogP contribution in [0.4, 0.5) is 0 Å². The fourth-order valence-electron chi connectivity index (χ4n) is 5.27. The fraction of sp³-hybridized carbons (Fsp3) is 0.583. The third-order valence-electron chi connectivity index (χ3n) is 6.70. The van der Waals surface area contributed by atoms with Gasteiger partial charge in [-0.25, -0.2) is 0 Å². The SMILES string of the molecule is CN(C)C(=O)C1(Cc2cc(-c3ccccc3)no2)CCCN(C2CCCCC2)C1. The van der Waals surface area contributed by atoms with Crippen LogP contribution in [-0.4, -0.2) is 54.1 Å². The third-order valence-corrected chi connectivity index (χ3v) is 6.70. The van der Waals surface area contributed by atoms with Crippen LogP contribution in [0.2, 0.25) is 0 Å². The van der Waals surface area contributed by atoms with Crippen molar-refractivity contribution < 1.29 is 9.32 Å². The van der Waals surface area contributed by atoms with E-state index in [0.717, 1.165) is 42.9 Å². The maximum atomic E-state index is 13.4. The van der Waals surface area contributed by atoms with E-state index in [9.17, 15) is 4.79 Å². The van der Waals surface area contributed by atoms with Gasteiger partial charge in [0.15, 0.2) is 0 Å². The molecule has 1 saturated carbocycles. The lowest BCUT2D eigenvalue weighted by atomic mass is 9.74. The van der Waals surface area contributed by atoms with Crippen LogP contribution in [0.1, 0.15) is 50.7 Å². The highest BCUT2D eigenvalue weighted by molar-refractivity contribution is 5.83. The zero-order valence-electron chi connectivity index (χ0n) is 17.8. The minimum Gasteiger partial charge on any atom is -0.361 e. The number of amides is 1. The van der Waals surface area contributed by atoms with E-state index >= 15 is 0 Å². The first kappa shape index (κ1) is 20.1. The molecular formula is C24H33N3O2. The number of aromatic nitrogens is 1. The van der Waals surface area contributed by atoms with Gasteiger partial charge in [-0.15, -0.1) is 0 Å². The lowest BCUT2D eigenvalue weighted by molar-refractivity contribution is -0.144. The molecular weight excluding hydrogens is 362 g/mol. The Morgan fingerprint density at radius 3 is 2.66 bits per heavy atom. The molecule has 156 valence electrons.